The van der Waals surface area contributed by atoms with Gasteiger partial charge in [0.2, 0.25) is 15.9 Å². The first kappa shape index (κ1) is 13.5. The van der Waals surface area contributed by atoms with E-state index in [4.69, 9.17) is 10.9 Å². The summed E-state index contributed by atoms with van der Waals surface area (Å²) in [6.45, 7) is 0.304. The molecule has 96 valence electrons. The van der Waals surface area contributed by atoms with E-state index in [9.17, 15) is 13.2 Å². The molecule has 1 aromatic rings. The van der Waals surface area contributed by atoms with Crippen LogP contribution < -0.4 is 16.2 Å². The fourth-order valence-corrected chi connectivity index (χ4v) is 1.72. The molecular formula is C8H15N5O3S. The van der Waals surface area contributed by atoms with Gasteiger partial charge >= 0.3 is 0 Å². The third kappa shape index (κ3) is 5.88. The third-order valence-corrected chi connectivity index (χ3v) is 2.75. The molecule has 0 atom stereocenters. The van der Waals surface area contributed by atoms with E-state index >= 15 is 0 Å². The quantitative estimate of drug-likeness (QED) is 0.523. The molecule has 0 saturated carbocycles. The maximum Gasteiger partial charge on any atom is 0.241 e. The van der Waals surface area contributed by atoms with Gasteiger partial charge in [0.1, 0.15) is 12.4 Å². The highest BCUT2D eigenvalue weighted by Gasteiger charge is 2.05. The van der Waals surface area contributed by atoms with Gasteiger partial charge in [0.15, 0.2) is 0 Å². The Morgan fingerprint density at radius 3 is 2.76 bits per heavy atom. The standard InChI is InChI=1S/C8H15N5O3S/c9-7-2-4-13(12-7)6-8(14)11-3-1-5-17(10,15)16/h2,4H,1,3,5-6H2,(H2,9,12)(H,11,14)(H2,10,15,16). The van der Waals surface area contributed by atoms with Crippen molar-refractivity contribution in [3.05, 3.63) is 12.3 Å². The number of nitrogens with zero attached hydrogens (tertiary/aromatic N) is 2. The van der Waals surface area contributed by atoms with Gasteiger partial charge in [0.05, 0.1) is 5.75 Å². The molecule has 0 saturated heterocycles. The van der Waals surface area contributed by atoms with Gasteiger partial charge < -0.3 is 11.1 Å². The highest BCUT2D eigenvalue weighted by molar-refractivity contribution is 7.89. The van der Waals surface area contributed by atoms with Gasteiger partial charge in [-0.25, -0.2) is 13.6 Å². The zero-order chi connectivity index (χ0) is 12.9. The number of sulfonamides is 1. The maximum absolute atomic E-state index is 11.4. The number of nitrogens with one attached hydrogen (secondary N) is 1. The molecule has 9 heteroatoms. The van der Waals surface area contributed by atoms with E-state index < -0.39 is 10.0 Å². The molecule has 1 heterocycles. The molecule has 0 aliphatic heterocycles. The van der Waals surface area contributed by atoms with Crippen molar-refractivity contribution >= 4 is 21.7 Å². The molecule has 1 aromatic heterocycles. The lowest BCUT2D eigenvalue weighted by molar-refractivity contribution is -0.121. The summed E-state index contributed by atoms with van der Waals surface area (Å²) in [5.41, 5.74) is 5.38. The summed E-state index contributed by atoms with van der Waals surface area (Å²) >= 11 is 0. The van der Waals surface area contributed by atoms with E-state index in [1.807, 2.05) is 0 Å². The average molecular weight is 261 g/mol. The third-order valence-electron chi connectivity index (χ3n) is 1.89. The van der Waals surface area contributed by atoms with Gasteiger partial charge in [0.25, 0.3) is 0 Å². The fourth-order valence-electron chi connectivity index (χ4n) is 1.17. The second-order valence-electron chi connectivity index (χ2n) is 3.51. The number of nitrogen functional groups attached to an aromatic ring is 1. The summed E-state index contributed by atoms with van der Waals surface area (Å²) in [4.78, 5) is 11.4. The van der Waals surface area contributed by atoms with E-state index in [-0.39, 0.29) is 31.2 Å². The Kier molecular flexibility index (Phi) is 4.46. The van der Waals surface area contributed by atoms with Crippen LogP contribution in [-0.2, 0) is 21.4 Å². The summed E-state index contributed by atoms with van der Waals surface area (Å²) in [5, 5.41) is 11.2. The molecule has 5 N–H and O–H groups in total. The van der Waals surface area contributed by atoms with E-state index in [1.165, 1.54) is 4.68 Å². The summed E-state index contributed by atoms with van der Waals surface area (Å²) in [5.74, 6) is -0.0725. The number of hydrogen-bond donors (Lipinski definition) is 3. The number of anilines is 1. The van der Waals surface area contributed by atoms with Gasteiger partial charge in [-0.2, -0.15) is 5.10 Å². The van der Waals surface area contributed by atoms with Crippen LogP contribution in [0.3, 0.4) is 0 Å². The highest BCUT2D eigenvalue weighted by atomic mass is 32.2. The first-order valence-electron chi connectivity index (χ1n) is 4.93. The Morgan fingerprint density at radius 2 is 2.24 bits per heavy atom. The molecule has 0 fully saturated rings. The van der Waals surface area contributed by atoms with Crippen LogP contribution >= 0.6 is 0 Å². The van der Waals surface area contributed by atoms with E-state index in [0.29, 0.717) is 5.82 Å². The van der Waals surface area contributed by atoms with Crippen molar-refractivity contribution in [3.63, 3.8) is 0 Å². The van der Waals surface area contributed by atoms with Gasteiger partial charge in [-0.1, -0.05) is 0 Å². The van der Waals surface area contributed by atoms with Crippen LogP contribution in [0.1, 0.15) is 6.42 Å². The van der Waals surface area contributed by atoms with Crippen molar-refractivity contribution < 1.29 is 13.2 Å². The minimum Gasteiger partial charge on any atom is -0.382 e. The Balaban J connectivity index is 2.22. The number of rotatable bonds is 6. The van der Waals surface area contributed by atoms with E-state index in [2.05, 4.69) is 10.4 Å². The molecule has 1 amide bonds. The molecule has 0 radical (unpaired) electrons. The molecule has 1 rings (SSSR count). The molecule has 17 heavy (non-hydrogen) atoms. The van der Waals surface area contributed by atoms with Crippen LogP contribution in [0.15, 0.2) is 12.3 Å². The van der Waals surface area contributed by atoms with Crippen molar-refractivity contribution in [2.24, 2.45) is 5.14 Å². The Bertz CT molecular complexity index is 481. The van der Waals surface area contributed by atoms with Crippen molar-refractivity contribution in [3.8, 4) is 0 Å². The largest absolute Gasteiger partial charge is 0.382 e. The Morgan fingerprint density at radius 1 is 1.53 bits per heavy atom. The zero-order valence-corrected chi connectivity index (χ0v) is 9.98. The van der Waals surface area contributed by atoms with E-state index in [0.717, 1.165) is 0 Å². The summed E-state index contributed by atoms with van der Waals surface area (Å²) in [7, 11) is -3.46. The number of carbonyl (C=O) groups excluding carboxylic acids is 1. The molecular weight excluding hydrogens is 246 g/mol. The van der Waals surface area contributed by atoms with E-state index in [1.54, 1.807) is 12.3 Å². The van der Waals surface area contributed by atoms with Gasteiger partial charge in [-0.05, 0) is 12.5 Å². The Labute approximate surface area is 99.0 Å². The van der Waals surface area contributed by atoms with Crippen LogP contribution in [0.4, 0.5) is 5.82 Å². The number of aromatic nitrogens is 2. The molecule has 0 unspecified atom stereocenters. The lowest BCUT2D eigenvalue weighted by Gasteiger charge is -2.04. The van der Waals surface area contributed by atoms with Crippen LogP contribution in [-0.4, -0.2) is 36.4 Å². The predicted octanol–water partition coefficient (Wildman–Crippen LogP) is -1.74. The lowest BCUT2D eigenvalue weighted by Crippen LogP contribution is -2.30. The second-order valence-corrected chi connectivity index (χ2v) is 5.24. The monoisotopic (exact) mass is 261 g/mol. The number of primary sulfonamides is 1. The van der Waals surface area contributed by atoms with Gasteiger partial charge in [-0.3, -0.25) is 9.48 Å². The molecule has 8 nitrogen and oxygen atoms in total. The highest BCUT2D eigenvalue weighted by Crippen LogP contribution is 1.95. The number of hydrogen-bond acceptors (Lipinski definition) is 5. The molecule has 0 bridgehead atoms. The van der Waals surface area contributed by atoms with Crippen LogP contribution in [0.25, 0.3) is 0 Å². The second kappa shape index (κ2) is 5.64. The smallest absolute Gasteiger partial charge is 0.241 e. The van der Waals surface area contributed by atoms with Gasteiger partial charge in [0, 0.05) is 12.7 Å². The summed E-state index contributed by atoms with van der Waals surface area (Å²) in [6, 6.07) is 1.58. The van der Waals surface area contributed by atoms with Crippen LogP contribution in [0, 0.1) is 0 Å². The summed E-state index contributed by atoms with van der Waals surface area (Å²) in [6.07, 6.45) is 1.87. The first-order valence-corrected chi connectivity index (χ1v) is 6.64. The van der Waals surface area contributed by atoms with Crippen LogP contribution in [0.5, 0.6) is 0 Å². The lowest BCUT2D eigenvalue weighted by atomic mass is 10.4. The Hall–Kier alpha value is -1.61. The molecule has 0 aliphatic rings. The minimum atomic E-state index is -3.46. The fraction of sp³-hybridized carbons (Fsp3) is 0.500. The normalized spacial score (nSPS) is 11.4. The summed E-state index contributed by atoms with van der Waals surface area (Å²) < 4.78 is 22.6. The SMILES string of the molecule is Nc1ccn(CC(=O)NCCCS(N)(=O)=O)n1. The first-order chi connectivity index (χ1) is 7.87. The molecule has 0 aromatic carbocycles. The number of amides is 1. The molecule has 0 aliphatic carbocycles. The minimum absolute atomic E-state index is 0.0482. The zero-order valence-electron chi connectivity index (χ0n) is 9.17. The van der Waals surface area contributed by atoms with Crippen molar-refractivity contribution in [1.82, 2.24) is 15.1 Å². The van der Waals surface area contributed by atoms with Gasteiger partial charge in [-0.15, -0.1) is 0 Å². The number of nitrogens with two attached hydrogens (primary N) is 2. The maximum atomic E-state index is 11.4. The van der Waals surface area contributed by atoms with Crippen molar-refractivity contribution in [2.75, 3.05) is 18.0 Å². The topological polar surface area (TPSA) is 133 Å². The number of carbonyl (C=O) groups is 1. The van der Waals surface area contributed by atoms with Crippen molar-refractivity contribution in [1.29, 1.82) is 0 Å². The van der Waals surface area contributed by atoms with Crippen molar-refractivity contribution in [2.45, 2.75) is 13.0 Å². The van der Waals surface area contributed by atoms with Crippen LogP contribution in [0.2, 0.25) is 0 Å². The average Bonchev–Trinajstić information content (AvgIpc) is 2.57. The molecule has 0 spiro atoms. The predicted molar refractivity (Wildman–Crippen MR) is 62.2 cm³/mol.